The standard InChI is InChI=1S/C6H4F3NO3S/c7-6(8,9)13-4-1-2-5(10-3-4)14(11)12/h1-3,10H. The molecule has 1 rings (SSSR count). The Hall–Kier alpha value is -1.44. The van der Waals surface area contributed by atoms with Gasteiger partial charge in [-0.1, -0.05) is 0 Å². The second kappa shape index (κ2) is 3.74. The van der Waals surface area contributed by atoms with Crippen LogP contribution in [0.15, 0.2) is 18.3 Å². The van der Waals surface area contributed by atoms with E-state index in [4.69, 9.17) is 0 Å². The van der Waals surface area contributed by atoms with Crippen molar-refractivity contribution in [3.63, 3.8) is 0 Å². The number of hydrogen-bond acceptors (Lipinski definition) is 3. The Balaban J connectivity index is 3.02. The average molecular weight is 227 g/mol. The number of alkyl halides is 3. The van der Waals surface area contributed by atoms with E-state index in [0.29, 0.717) is 0 Å². The summed E-state index contributed by atoms with van der Waals surface area (Å²) >= 11 is 0. The highest BCUT2D eigenvalue weighted by Gasteiger charge is 2.30. The van der Waals surface area contributed by atoms with Gasteiger partial charge in [-0.2, -0.15) is 8.42 Å². The van der Waals surface area contributed by atoms with Crippen LogP contribution < -0.4 is 4.74 Å². The second-order valence-corrected chi connectivity index (χ2v) is 3.08. The predicted octanol–water partition coefficient (Wildman–Crippen LogP) is 1.32. The van der Waals surface area contributed by atoms with E-state index in [1.165, 1.54) is 0 Å². The highest BCUT2D eigenvalue weighted by atomic mass is 32.2. The molecule has 8 heteroatoms. The molecule has 0 saturated carbocycles. The molecule has 0 saturated heterocycles. The first-order valence-electron chi connectivity index (χ1n) is 3.25. The third kappa shape index (κ3) is 3.13. The Morgan fingerprint density at radius 3 is 2.29 bits per heavy atom. The highest BCUT2D eigenvalue weighted by molar-refractivity contribution is 7.63. The molecule has 1 aromatic rings. The Labute approximate surface area is 77.5 Å². The maximum atomic E-state index is 11.6. The van der Waals surface area contributed by atoms with Crippen molar-refractivity contribution in [2.75, 3.05) is 0 Å². The zero-order valence-electron chi connectivity index (χ0n) is 6.50. The smallest absolute Gasteiger partial charge is 0.404 e. The lowest BCUT2D eigenvalue weighted by atomic mass is 10.5. The molecule has 1 N–H and O–H groups in total. The quantitative estimate of drug-likeness (QED) is 0.736. The lowest BCUT2D eigenvalue weighted by Gasteiger charge is -2.07. The van der Waals surface area contributed by atoms with Crippen molar-refractivity contribution >= 4 is 10.3 Å². The van der Waals surface area contributed by atoms with E-state index in [1.807, 2.05) is 0 Å². The molecule has 0 unspecified atom stereocenters. The van der Waals surface area contributed by atoms with Crippen molar-refractivity contribution < 1.29 is 26.3 Å². The van der Waals surface area contributed by atoms with Crippen molar-refractivity contribution in [2.45, 2.75) is 6.36 Å². The zero-order chi connectivity index (χ0) is 10.8. The number of aromatic amines is 1. The van der Waals surface area contributed by atoms with Gasteiger partial charge in [-0.25, -0.2) is 0 Å². The number of H-pyrrole nitrogens is 1. The Kier molecular flexibility index (Phi) is 2.84. The van der Waals surface area contributed by atoms with Gasteiger partial charge in [-0.05, 0) is 12.1 Å². The van der Waals surface area contributed by atoms with Crippen molar-refractivity contribution in [3.8, 4) is 5.75 Å². The van der Waals surface area contributed by atoms with Gasteiger partial charge >= 0.3 is 6.36 Å². The van der Waals surface area contributed by atoms with Crippen molar-refractivity contribution in [1.82, 2.24) is 4.98 Å². The molecule has 78 valence electrons. The minimum absolute atomic E-state index is 0.223. The fourth-order valence-electron chi connectivity index (χ4n) is 0.697. The van der Waals surface area contributed by atoms with E-state index < -0.39 is 22.4 Å². The molecule has 4 nitrogen and oxygen atoms in total. The maximum absolute atomic E-state index is 11.6. The van der Waals surface area contributed by atoms with Crippen molar-refractivity contribution in [1.29, 1.82) is 0 Å². The molecule has 1 aromatic heterocycles. The van der Waals surface area contributed by atoms with Gasteiger partial charge in [-0.15, -0.1) is 13.2 Å². The molecule has 0 fully saturated rings. The lowest BCUT2D eigenvalue weighted by molar-refractivity contribution is -0.274. The predicted molar refractivity (Wildman–Crippen MR) is 39.6 cm³/mol. The summed E-state index contributed by atoms with van der Waals surface area (Å²) in [6.07, 6.45) is -3.98. The van der Waals surface area contributed by atoms with Crippen LogP contribution in [0.4, 0.5) is 13.2 Å². The number of rotatable bonds is 1. The van der Waals surface area contributed by atoms with E-state index in [-0.39, 0.29) is 4.64 Å². The molecule has 0 aliphatic heterocycles. The molecule has 0 aliphatic carbocycles. The topological polar surface area (TPSA) is 59.2 Å². The van der Waals surface area contributed by atoms with Crippen LogP contribution in [0.5, 0.6) is 5.75 Å². The van der Waals surface area contributed by atoms with Crippen molar-refractivity contribution in [3.05, 3.63) is 23.0 Å². The molecule has 0 atom stereocenters. The summed E-state index contributed by atoms with van der Waals surface area (Å²) < 4.78 is 58.8. The molecule has 0 amide bonds. The highest BCUT2D eigenvalue weighted by Crippen LogP contribution is 2.20. The summed E-state index contributed by atoms with van der Waals surface area (Å²) in [5.74, 6) is -0.508. The lowest BCUT2D eigenvalue weighted by Crippen LogP contribution is -2.17. The maximum Gasteiger partial charge on any atom is 0.573 e. The largest absolute Gasteiger partial charge is 0.573 e. The summed E-state index contributed by atoms with van der Waals surface area (Å²) in [4.78, 5) is 2.12. The van der Waals surface area contributed by atoms with E-state index in [0.717, 1.165) is 18.3 Å². The van der Waals surface area contributed by atoms with Gasteiger partial charge in [0.25, 0.3) is 0 Å². The number of halogens is 3. The van der Waals surface area contributed by atoms with E-state index in [2.05, 4.69) is 9.72 Å². The van der Waals surface area contributed by atoms with Gasteiger partial charge in [0.15, 0.2) is 4.64 Å². The van der Waals surface area contributed by atoms with Crippen LogP contribution >= 0.6 is 0 Å². The minimum atomic E-state index is -4.79. The van der Waals surface area contributed by atoms with Crippen LogP contribution in [0.2, 0.25) is 0 Å². The van der Waals surface area contributed by atoms with E-state index in [9.17, 15) is 21.6 Å². The van der Waals surface area contributed by atoms with Gasteiger partial charge in [0.1, 0.15) is 5.75 Å². The van der Waals surface area contributed by atoms with Gasteiger partial charge in [0.05, 0.1) is 0 Å². The van der Waals surface area contributed by atoms with Gasteiger partial charge in [0.2, 0.25) is 10.3 Å². The summed E-state index contributed by atoms with van der Waals surface area (Å²) in [6, 6.07) is 1.86. The first kappa shape index (κ1) is 10.6. The normalized spacial score (nSPS) is 11.1. The summed E-state index contributed by atoms with van der Waals surface area (Å²) in [5.41, 5.74) is 0. The Morgan fingerprint density at radius 1 is 1.29 bits per heavy atom. The summed E-state index contributed by atoms with van der Waals surface area (Å²) in [5, 5.41) is 0. The second-order valence-electron chi connectivity index (χ2n) is 2.17. The van der Waals surface area contributed by atoms with Crippen LogP contribution in [0.1, 0.15) is 0 Å². The molecular formula is C6H4F3NO3S. The first-order chi connectivity index (χ1) is 6.38. The summed E-state index contributed by atoms with van der Waals surface area (Å²) in [6.45, 7) is 0. The average Bonchev–Trinajstić information content (AvgIpc) is 2.02. The van der Waals surface area contributed by atoms with Crippen molar-refractivity contribution in [2.24, 2.45) is 0 Å². The van der Waals surface area contributed by atoms with Crippen LogP contribution in [0.25, 0.3) is 0 Å². The molecule has 0 radical (unpaired) electrons. The number of hydrogen-bond donors (Lipinski definition) is 1. The van der Waals surface area contributed by atoms with E-state index in [1.54, 1.807) is 0 Å². The SMILES string of the molecule is O=S(=O)=c1ccc(OC(F)(F)F)c[nH]1. The summed E-state index contributed by atoms with van der Waals surface area (Å²) in [7, 11) is -2.50. The molecule has 0 aliphatic rings. The Bertz CT molecular complexity index is 459. The monoisotopic (exact) mass is 227 g/mol. The van der Waals surface area contributed by atoms with E-state index >= 15 is 0 Å². The van der Waals surface area contributed by atoms with Gasteiger partial charge in [-0.3, -0.25) is 0 Å². The number of pyridine rings is 1. The fraction of sp³-hybridized carbons (Fsp3) is 0.167. The van der Waals surface area contributed by atoms with Crippen LogP contribution in [0, 0.1) is 4.64 Å². The molecule has 0 bridgehead atoms. The van der Waals surface area contributed by atoms with Crippen LogP contribution in [0.3, 0.4) is 0 Å². The third-order valence-electron chi connectivity index (χ3n) is 1.17. The minimum Gasteiger partial charge on any atom is -0.404 e. The molecule has 0 spiro atoms. The number of nitrogens with one attached hydrogen (secondary N) is 1. The molecule has 1 heterocycles. The van der Waals surface area contributed by atoms with Crippen LogP contribution in [-0.4, -0.2) is 19.8 Å². The first-order valence-corrected chi connectivity index (χ1v) is 4.33. The number of aromatic nitrogens is 1. The molecular weight excluding hydrogens is 223 g/mol. The fourth-order valence-corrected chi connectivity index (χ4v) is 1.03. The molecule has 0 aromatic carbocycles. The third-order valence-corrected chi connectivity index (χ3v) is 1.78. The van der Waals surface area contributed by atoms with Gasteiger partial charge in [0, 0.05) is 6.20 Å². The Morgan fingerprint density at radius 2 is 1.93 bits per heavy atom. The molecule has 14 heavy (non-hydrogen) atoms. The number of ether oxygens (including phenoxy) is 1. The van der Waals surface area contributed by atoms with Crippen LogP contribution in [-0.2, 0) is 10.3 Å². The zero-order valence-corrected chi connectivity index (χ0v) is 7.32. The van der Waals surface area contributed by atoms with Gasteiger partial charge < -0.3 is 9.72 Å².